The molecular weight excluding hydrogens is 218 g/mol. The van der Waals surface area contributed by atoms with Crippen molar-refractivity contribution in [3.8, 4) is 0 Å². The van der Waals surface area contributed by atoms with Gasteiger partial charge in [-0.1, -0.05) is 6.92 Å². The lowest BCUT2D eigenvalue weighted by Crippen LogP contribution is -1.79. The Hall–Kier alpha value is -0.900. The van der Waals surface area contributed by atoms with Crippen molar-refractivity contribution in [2.24, 2.45) is 0 Å². The lowest BCUT2D eigenvalue weighted by atomic mass is 10.2. The van der Waals surface area contributed by atoms with E-state index in [2.05, 4.69) is 38.0 Å². The predicted molar refractivity (Wildman–Crippen MR) is 51.0 cm³/mol. The van der Waals surface area contributed by atoms with Crippen LogP contribution in [0.25, 0.3) is 11.0 Å². The largest absolute Gasteiger partial charge is 0.280 e. The molecule has 0 atom stereocenters. The highest BCUT2D eigenvalue weighted by atomic mass is 79.9. The highest BCUT2D eigenvalue weighted by Crippen LogP contribution is 2.16. The third kappa shape index (κ3) is 1.12. The first-order valence-corrected chi connectivity index (χ1v) is 4.60. The molecule has 0 aliphatic carbocycles. The Kier molecular flexibility index (Phi) is 1.84. The Balaban J connectivity index is 2.73. The van der Waals surface area contributed by atoms with Gasteiger partial charge >= 0.3 is 0 Å². The number of hydrogen-bond donors (Lipinski definition) is 1. The quantitative estimate of drug-likeness (QED) is 0.758. The third-order valence-corrected chi connectivity index (χ3v) is 2.26. The van der Waals surface area contributed by atoms with Gasteiger partial charge in [0.25, 0.3) is 0 Å². The number of rotatable bonds is 1. The number of aromatic amines is 1. The standard InChI is InChI=1S/C8H8BrN3/c1-2-6-5-3-4-7(9)10-8(5)12-11-6/h3-4H,2H2,1H3,(H,10,11,12). The van der Waals surface area contributed by atoms with E-state index >= 15 is 0 Å². The number of pyridine rings is 1. The number of hydrogen-bond acceptors (Lipinski definition) is 2. The Morgan fingerprint density at radius 1 is 1.50 bits per heavy atom. The molecule has 0 saturated heterocycles. The van der Waals surface area contributed by atoms with E-state index in [1.807, 2.05) is 12.1 Å². The number of nitrogens with one attached hydrogen (secondary N) is 1. The summed E-state index contributed by atoms with van der Waals surface area (Å²) >= 11 is 3.30. The summed E-state index contributed by atoms with van der Waals surface area (Å²) in [6.45, 7) is 2.09. The highest BCUT2D eigenvalue weighted by molar-refractivity contribution is 9.10. The monoisotopic (exact) mass is 225 g/mol. The van der Waals surface area contributed by atoms with Crippen LogP contribution in [0.15, 0.2) is 16.7 Å². The van der Waals surface area contributed by atoms with E-state index in [0.717, 1.165) is 27.8 Å². The van der Waals surface area contributed by atoms with Crippen molar-refractivity contribution in [2.75, 3.05) is 0 Å². The molecule has 0 unspecified atom stereocenters. The van der Waals surface area contributed by atoms with E-state index in [0.29, 0.717) is 0 Å². The zero-order valence-electron chi connectivity index (χ0n) is 6.63. The van der Waals surface area contributed by atoms with E-state index in [-0.39, 0.29) is 0 Å². The van der Waals surface area contributed by atoms with Crippen LogP contribution in [0.4, 0.5) is 0 Å². The average molecular weight is 226 g/mol. The van der Waals surface area contributed by atoms with Gasteiger partial charge in [-0.25, -0.2) is 4.98 Å². The normalized spacial score (nSPS) is 10.8. The Labute approximate surface area is 78.3 Å². The number of H-pyrrole nitrogens is 1. The van der Waals surface area contributed by atoms with Gasteiger partial charge < -0.3 is 0 Å². The first-order valence-electron chi connectivity index (χ1n) is 3.80. The minimum atomic E-state index is 0.779. The maximum atomic E-state index is 4.22. The first-order chi connectivity index (χ1) is 5.81. The van der Waals surface area contributed by atoms with Gasteiger partial charge in [0.05, 0.1) is 0 Å². The van der Waals surface area contributed by atoms with Crippen LogP contribution in [0.3, 0.4) is 0 Å². The molecule has 0 amide bonds. The fraction of sp³-hybridized carbons (Fsp3) is 0.250. The van der Waals surface area contributed by atoms with Gasteiger partial charge in [0.2, 0.25) is 0 Å². The molecule has 3 nitrogen and oxygen atoms in total. The summed E-state index contributed by atoms with van der Waals surface area (Å²) in [7, 11) is 0. The summed E-state index contributed by atoms with van der Waals surface area (Å²) in [4.78, 5) is 4.22. The number of aryl methyl sites for hydroxylation is 1. The summed E-state index contributed by atoms with van der Waals surface area (Å²) in [5, 5.41) is 8.15. The lowest BCUT2D eigenvalue weighted by Gasteiger charge is -1.91. The Bertz CT molecular complexity index is 408. The zero-order chi connectivity index (χ0) is 8.55. The van der Waals surface area contributed by atoms with Crippen molar-refractivity contribution in [1.82, 2.24) is 15.2 Å². The second-order valence-corrected chi connectivity index (χ2v) is 3.37. The van der Waals surface area contributed by atoms with Crippen LogP contribution in [-0.4, -0.2) is 15.2 Å². The second-order valence-electron chi connectivity index (χ2n) is 2.56. The SMILES string of the molecule is CCc1[nH]nc2nc(Br)ccc12. The Morgan fingerprint density at radius 2 is 2.33 bits per heavy atom. The molecule has 0 radical (unpaired) electrons. The van der Waals surface area contributed by atoms with Gasteiger partial charge in [-0.15, -0.1) is 0 Å². The van der Waals surface area contributed by atoms with Crippen molar-refractivity contribution in [2.45, 2.75) is 13.3 Å². The molecule has 12 heavy (non-hydrogen) atoms. The average Bonchev–Trinajstić information content (AvgIpc) is 2.46. The number of aromatic nitrogens is 3. The fourth-order valence-corrected chi connectivity index (χ4v) is 1.50. The van der Waals surface area contributed by atoms with Crippen molar-refractivity contribution in [1.29, 1.82) is 0 Å². The van der Waals surface area contributed by atoms with Gasteiger partial charge in [0.15, 0.2) is 5.65 Å². The molecule has 62 valence electrons. The van der Waals surface area contributed by atoms with Gasteiger partial charge in [0, 0.05) is 11.1 Å². The molecule has 1 N–H and O–H groups in total. The zero-order valence-corrected chi connectivity index (χ0v) is 8.22. The molecule has 4 heteroatoms. The van der Waals surface area contributed by atoms with Gasteiger partial charge in [0.1, 0.15) is 4.60 Å². The Morgan fingerprint density at radius 3 is 3.08 bits per heavy atom. The molecule has 0 spiro atoms. The van der Waals surface area contributed by atoms with E-state index in [9.17, 15) is 0 Å². The second kappa shape index (κ2) is 2.86. The van der Waals surface area contributed by atoms with Crippen molar-refractivity contribution >= 4 is 27.0 Å². The maximum Gasteiger partial charge on any atom is 0.182 e. The van der Waals surface area contributed by atoms with Crippen LogP contribution in [-0.2, 0) is 6.42 Å². The first kappa shape index (κ1) is 7.73. The van der Waals surface area contributed by atoms with Crippen LogP contribution in [0.1, 0.15) is 12.6 Å². The predicted octanol–water partition coefficient (Wildman–Crippen LogP) is 2.28. The topological polar surface area (TPSA) is 41.6 Å². The molecule has 2 aromatic rings. The highest BCUT2D eigenvalue weighted by Gasteiger charge is 2.03. The number of halogens is 1. The molecule has 0 aliphatic rings. The van der Waals surface area contributed by atoms with E-state index < -0.39 is 0 Å². The van der Waals surface area contributed by atoms with Crippen LogP contribution in [0.2, 0.25) is 0 Å². The summed E-state index contributed by atoms with van der Waals surface area (Å²) in [5.41, 5.74) is 1.92. The molecule has 0 fully saturated rings. The van der Waals surface area contributed by atoms with E-state index in [4.69, 9.17) is 0 Å². The van der Waals surface area contributed by atoms with Gasteiger partial charge in [-0.2, -0.15) is 5.10 Å². The molecule has 2 aromatic heterocycles. The number of fused-ring (bicyclic) bond motifs is 1. The van der Waals surface area contributed by atoms with Crippen molar-refractivity contribution in [3.63, 3.8) is 0 Å². The van der Waals surface area contributed by atoms with Crippen LogP contribution < -0.4 is 0 Å². The molecule has 0 saturated carbocycles. The molecular formula is C8H8BrN3. The minimum Gasteiger partial charge on any atom is -0.280 e. The third-order valence-electron chi connectivity index (χ3n) is 1.82. The van der Waals surface area contributed by atoms with Crippen LogP contribution in [0.5, 0.6) is 0 Å². The summed E-state index contributed by atoms with van der Waals surface area (Å²) in [6, 6.07) is 3.95. The van der Waals surface area contributed by atoms with Crippen LogP contribution >= 0.6 is 15.9 Å². The van der Waals surface area contributed by atoms with Crippen molar-refractivity contribution < 1.29 is 0 Å². The fourth-order valence-electron chi connectivity index (χ4n) is 1.20. The molecule has 0 aromatic carbocycles. The van der Waals surface area contributed by atoms with E-state index in [1.165, 1.54) is 0 Å². The number of nitrogens with zero attached hydrogens (tertiary/aromatic N) is 2. The summed E-state index contributed by atoms with van der Waals surface area (Å²) < 4.78 is 0.823. The smallest absolute Gasteiger partial charge is 0.182 e. The summed E-state index contributed by atoms with van der Waals surface area (Å²) in [6.07, 6.45) is 0.958. The van der Waals surface area contributed by atoms with Crippen molar-refractivity contribution in [3.05, 3.63) is 22.4 Å². The molecule has 2 rings (SSSR count). The van der Waals surface area contributed by atoms with Gasteiger partial charge in [-0.05, 0) is 34.5 Å². The molecule has 0 bridgehead atoms. The maximum absolute atomic E-state index is 4.22. The minimum absolute atomic E-state index is 0.779. The lowest BCUT2D eigenvalue weighted by molar-refractivity contribution is 0.983. The van der Waals surface area contributed by atoms with Crippen LogP contribution in [0, 0.1) is 0 Å². The van der Waals surface area contributed by atoms with Gasteiger partial charge in [-0.3, -0.25) is 5.10 Å². The molecule has 0 aliphatic heterocycles. The summed E-state index contributed by atoms with van der Waals surface area (Å²) in [5.74, 6) is 0. The molecule has 2 heterocycles. The van der Waals surface area contributed by atoms with E-state index in [1.54, 1.807) is 0 Å².